The van der Waals surface area contributed by atoms with Crippen molar-refractivity contribution in [2.45, 2.75) is 38.8 Å². The summed E-state index contributed by atoms with van der Waals surface area (Å²) in [5.74, 6) is 0.622. The SMILES string of the molecule is Cc1ccc(C(=O)NC2CC(C)(C)Oc3ccc(N)cc32)cn1. The molecule has 0 radical (unpaired) electrons. The van der Waals surface area contributed by atoms with Crippen molar-refractivity contribution in [3.8, 4) is 5.75 Å². The van der Waals surface area contributed by atoms with Crippen molar-refractivity contribution >= 4 is 11.6 Å². The van der Waals surface area contributed by atoms with Gasteiger partial charge in [-0.1, -0.05) is 0 Å². The molecule has 0 bridgehead atoms. The maximum atomic E-state index is 12.5. The fourth-order valence-corrected chi connectivity index (χ4v) is 2.85. The minimum atomic E-state index is -0.355. The second-order valence-corrected chi connectivity index (χ2v) is 6.58. The fraction of sp³-hybridized carbons (Fsp3) is 0.333. The Kier molecular flexibility index (Phi) is 3.72. The van der Waals surface area contributed by atoms with E-state index in [1.54, 1.807) is 12.3 Å². The summed E-state index contributed by atoms with van der Waals surface area (Å²) in [6.45, 7) is 5.92. The number of nitrogens with one attached hydrogen (secondary N) is 1. The van der Waals surface area contributed by atoms with Gasteiger partial charge in [-0.3, -0.25) is 9.78 Å². The summed E-state index contributed by atoms with van der Waals surface area (Å²) in [6.07, 6.45) is 2.27. The van der Waals surface area contributed by atoms with Gasteiger partial charge in [0, 0.05) is 29.6 Å². The number of anilines is 1. The number of nitrogen functional groups attached to an aromatic ring is 1. The molecule has 1 amide bonds. The zero-order chi connectivity index (χ0) is 16.6. The molecule has 1 aliphatic heterocycles. The van der Waals surface area contributed by atoms with Crippen molar-refractivity contribution in [2.24, 2.45) is 0 Å². The van der Waals surface area contributed by atoms with Gasteiger partial charge < -0.3 is 15.8 Å². The number of ether oxygens (including phenoxy) is 1. The molecule has 0 aliphatic carbocycles. The van der Waals surface area contributed by atoms with E-state index >= 15 is 0 Å². The average molecular weight is 311 g/mol. The van der Waals surface area contributed by atoms with Gasteiger partial charge in [-0.05, 0) is 51.1 Å². The Morgan fingerprint density at radius 2 is 2.13 bits per heavy atom. The first kappa shape index (κ1) is 15.3. The first-order chi connectivity index (χ1) is 10.8. The third-order valence-electron chi connectivity index (χ3n) is 3.97. The lowest BCUT2D eigenvalue weighted by atomic mass is 9.89. The molecule has 0 saturated carbocycles. The van der Waals surface area contributed by atoms with E-state index in [9.17, 15) is 4.79 Å². The maximum absolute atomic E-state index is 12.5. The molecule has 5 nitrogen and oxygen atoms in total. The third-order valence-corrected chi connectivity index (χ3v) is 3.97. The predicted molar refractivity (Wildman–Crippen MR) is 89.4 cm³/mol. The van der Waals surface area contributed by atoms with E-state index in [0.29, 0.717) is 17.7 Å². The van der Waals surface area contributed by atoms with Crippen molar-refractivity contribution in [2.75, 3.05) is 5.73 Å². The number of pyridine rings is 1. The van der Waals surface area contributed by atoms with Crippen LogP contribution < -0.4 is 15.8 Å². The van der Waals surface area contributed by atoms with Gasteiger partial charge in [0.2, 0.25) is 0 Å². The smallest absolute Gasteiger partial charge is 0.253 e. The molecule has 1 aromatic heterocycles. The number of aromatic nitrogens is 1. The van der Waals surface area contributed by atoms with Crippen LogP contribution in [0.5, 0.6) is 5.75 Å². The third kappa shape index (κ3) is 3.28. The molecule has 1 atom stereocenters. The summed E-state index contributed by atoms with van der Waals surface area (Å²) in [7, 11) is 0. The fourth-order valence-electron chi connectivity index (χ4n) is 2.85. The molecule has 3 rings (SSSR count). The normalized spacial score (nSPS) is 18.7. The highest BCUT2D eigenvalue weighted by Gasteiger charge is 2.34. The van der Waals surface area contributed by atoms with Crippen LogP contribution in [-0.4, -0.2) is 16.5 Å². The van der Waals surface area contributed by atoms with Gasteiger partial charge in [0.15, 0.2) is 0 Å². The molecule has 0 saturated heterocycles. The Bertz CT molecular complexity index is 738. The second kappa shape index (κ2) is 5.57. The zero-order valence-corrected chi connectivity index (χ0v) is 13.6. The van der Waals surface area contributed by atoms with Gasteiger partial charge in [-0.2, -0.15) is 0 Å². The highest BCUT2D eigenvalue weighted by Crippen LogP contribution is 2.40. The van der Waals surface area contributed by atoms with Gasteiger partial charge in [0.25, 0.3) is 5.91 Å². The molecule has 120 valence electrons. The topological polar surface area (TPSA) is 77.2 Å². The van der Waals surface area contributed by atoms with Crippen molar-refractivity contribution in [3.05, 3.63) is 53.3 Å². The number of aryl methyl sites for hydroxylation is 1. The van der Waals surface area contributed by atoms with Crippen LogP contribution in [0, 0.1) is 6.92 Å². The Morgan fingerprint density at radius 1 is 1.35 bits per heavy atom. The van der Waals surface area contributed by atoms with E-state index in [4.69, 9.17) is 10.5 Å². The van der Waals surface area contributed by atoms with Crippen molar-refractivity contribution in [1.82, 2.24) is 10.3 Å². The molecule has 0 fully saturated rings. The molecular formula is C18H21N3O2. The summed E-state index contributed by atoms with van der Waals surface area (Å²) in [4.78, 5) is 16.7. The summed E-state index contributed by atoms with van der Waals surface area (Å²) in [5.41, 5.74) is 8.54. The molecule has 2 aromatic rings. The number of nitrogens with zero attached hydrogens (tertiary/aromatic N) is 1. The van der Waals surface area contributed by atoms with Crippen LogP contribution in [0.3, 0.4) is 0 Å². The van der Waals surface area contributed by atoms with Crippen LogP contribution in [-0.2, 0) is 0 Å². The molecule has 2 heterocycles. The van der Waals surface area contributed by atoms with Gasteiger partial charge in [0.1, 0.15) is 11.4 Å². The Labute approximate surface area is 135 Å². The molecule has 1 aromatic carbocycles. The van der Waals surface area contributed by atoms with Crippen molar-refractivity contribution < 1.29 is 9.53 Å². The first-order valence-electron chi connectivity index (χ1n) is 7.66. The molecule has 3 N–H and O–H groups in total. The molecule has 23 heavy (non-hydrogen) atoms. The minimum absolute atomic E-state index is 0.145. The monoisotopic (exact) mass is 311 g/mol. The lowest BCUT2D eigenvalue weighted by molar-refractivity contribution is 0.0620. The highest BCUT2D eigenvalue weighted by atomic mass is 16.5. The largest absolute Gasteiger partial charge is 0.487 e. The van der Waals surface area contributed by atoms with Gasteiger partial charge in [-0.15, -0.1) is 0 Å². The molecule has 1 aliphatic rings. The Hall–Kier alpha value is -2.56. The number of benzene rings is 1. The number of amides is 1. The highest BCUT2D eigenvalue weighted by molar-refractivity contribution is 5.94. The van der Waals surface area contributed by atoms with Crippen LogP contribution in [0.4, 0.5) is 5.69 Å². The first-order valence-corrected chi connectivity index (χ1v) is 7.66. The van der Waals surface area contributed by atoms with E-state index < -0.39 is 0 Å². The van der Waals surface area contributed by atoms with E-state index in [2.05, 4.69) is 10.3 Å². The lowest BCUT2D eigenvalue weighted by Gasteiger charge is -2.38. The Morgan fingerprint density at radius 3 is 2.83 bits per heavy atom. The van der Waals surface area contributed by atoms with Gasteiger partial charge in [-0.25, -0.2) is 0 Å². The molecule has 5 heteroatoms. The van der Waals surface area contributed by atoms with E-state index in [-0.39, 0.29) is 17.6 Å². The van der Waals surface area contributed by atoms with Crippen LogP contribution in [0.2, 0.25) is 0 Å². The molecule has 0 spiro atoms. The second-order valence-electron chi connectivity index (χ2n) is 6.58. The molecule has 1 unspecified atom stereocenters. The number of nitrogens with two attached hydrogens (primary N) is 1. The lowest BCUT2D eigenvalue weighted by Crippen LogP contribution is -2.41. The quantitative estimate of drug-likeness (QED) is 0.836. The van der Waals surface area contributed by atoms with E-state index in [0.717, 1.165) is 17.0 Å². The summed E-state index contributed by atoms with van der Waals surface area (Å²) in [6, 6.07) is 8.99. The van der Waals surface area contributed by atoms with Crippen LogP contribution >= 0.6 is 0 Å². The van der Waals surface area contributed by atoms with E-state index in [1.165, 1.54) is 0 Å². The summed E-state index contributed by atoms with van der Waals surface area (Å²) >= 11 is 0. The van der Waals surface area contributed by atoms with Gasteiger partial charge >= 0.3 is 0 Å². The Balaban J connectivity index is 1.88. The minimum Gasteiger partial charge on any atom is -0.487 e. The maximum Gasteiger partial charge on any atom is 0.253 e. The van der Waals surface area contributed by atoms with Crippen molar-refractivity contribution in [1.29, 1.82) is 0 Å². The van der Waals surface area contributed by atoms with Crippen molar-refractivity contribution in [3.63, 3.8) is 0 Å². The number of rotatable bonds is 2. The number of fused-ring (bicyclic) bond motifs is 1. The summed E-state index contributed by atoms with van der Waals surface area (Å²) < 4.78 is 5.99. The van der Waals surface area contributed by atoms with Crippen LogP contribution in [0.1, 0.15) is 47.9 Å². The van der Waals surface area contributed by atoms with Gasteiger partial charge in [0.05, 0.1) is 11.6 Å². The number of hydrogen-bond donors (Lipinski definition) is 2. The number of carbonyl (C=O) groups excluding carboxylic acids is 1. The van der Waals surface area contributed by atoms with Crippen LogP contribution in [0.25, 0.3) is 0 Å². The average Bonchev–Trinajstić information content (AvgIpc) is 2.48. The number of carbonyl (C=O) groups is 1. The molecular weight excluding hydrogens is 290 g/mol. The summed E-state index contributed by atoms with van der Waals surface area (Å²) in [5, 5.41) is 3.08. The predicted octanol–water partition coefficient (Wildman–Crippen LogP) is 3.00. The van der Waals surface area contributed by atoms with Crippen LogP contribution in [0.15, 0.2) is 36.5 Å². The van der Waals surface area contributed by atoms with E-state index in [1.807, 2.05) is 45.0 Å². The zero-order valence-electron chi connectivity index (χ0n) is 13.6. The standard InChI is InChI=1S/C18H21N3O2/c1-11-4-5-12(10-20-11)17(22)21-15-9-18(2,3)23-16-7-6-13(19)8-14(15)16/h4-8,10,15H,9,19H2,1-3H3,(H,21,22). The number of hydrogen-bond acceptors (Lipinski definition) is 4.